The molecule has 6 heteroatoms. The van der Waals surface area contributed by atoms with Crippen LogP contribution in [-0.2, 0) is 0 Å². The van der Waals surface area contributed by atoms with Crippen molar-refractivity contribution in [2.45, 2.75) is 18.5 Å². The number of halogens is 1. The number of imide groups is 1. The third-order valence-corrected chi connectivity index (χ3v) is 5.29. The van der Waals surface area contributed by atoms with Gasteiger partial charge in [-0.3, -0.25) is 19.3 Å². The Morgan fingerprint density at radius 1 is 0.889 bits per heavy atom. The minimum absolute atomic E-state index is 0.0962. The van der Waals surface area contributed by atoms with Gasteiger partial charge in [0.05, 0.1) is 17.7 Å². The third-order valence-electron chi connectivity index (χ3n) is 5.29. The quantitative estimate of drug-likeness (QED) is 0.785. The highest BCUT2D eigenvalue weighted by Crippen LogP contribution is 2.32. The molecule has 2 aliphatic heterocycles. The van der Waals surface area contributed by atoms with Crippen LogP contribution in [0.2, 0.25) is 0 Å². The van der Waals surface area contributed by atoms with Gasteiger partial charge < -0.3 is 4.90 Å². The molecule has 1 fully saturated rings. The van der Waals surface area contributed by atoms with E-state index in [9.17, 15) is 14.4 Å². The molecule has 2 heterocycles. The first-order valence-corrected chi connectivity index (χ1v) is 8.97. The molecule has 2 aliphatic rings. The topological polar surface area (TPSA) is 57.7 Å². The van der Waals surface area contributed by atoms with Crippen LogP contribution in [0.25, 0.3) is 0 Å². The Morgan fingerprint density at radius 2 is 1.41 bits per heavy atom. The number of hydrogen-bond acceptors (Lipinski definition) is 3. The van der Waals surface area contributed by atoms with Gasteiger partial charge in [-0.15, -0.1) is 0 Å². The zero-order valence-corrected chi connectivity index (χ0v) is 14.7. The molecular formula is C21H19FN2O3. The number of piperidine rings is 1. The van der Waals surface area contributed by atoms with E-state index in [2.05, 4.69) is 0 Å². The number of fused-ring (bicyclic) bond motifs is 1. The zero-order chi connectivity index (χ0) is 19.0. The third kappa shape index (κ3) is 3.12. The SMILES string of the molecule is O=C(c1ccccc1)N1CCC(F)(CN2C(=O)c3ccccc3C2=O)CC1. The predicted molar refractivity (Wildman–Crippen MR) is 97.2 cm³/mol. The lowest BCUT2D eigenvalue weighted by Gasteiger charge is -2.38. The van der Waals surface area contributed by atoms with E-state index in [4.69, 9.17) is 0 Å². The number of carbonyl (C=O) groups excluding carboxylic acids is 3. The number of nitrogens with zero attached hydrogens (tertiary/aromatic N) is 2. The largest absolute Gasteiger partial charge is 0.338 e. The fourth-order valence-electron chi connectivity index (χ4n) is 3.70. The lowest BCUT2D eigenvalue weighted by atomic mass is 9.92. The molecule has 0 aliphatic carbocycles. The molecule has 4 rings (SSSR count). The standard InChI is InChI=1S/C21H19FN2O3/c22-21(14-24-19(26)16-8-4-5-9-17(16)20(24)27)10-12-23(13-11-21)18(25)15-6-2-1-3-7-15/h1-9H,10-14H2. The molecule has 27 heavy (non-hydrogen) atoms. The van der Waals surface area contributed by atoms with Crippen LogP contribution >= 0.6 is 0 Å². The number of amides is 3. The first-order valence-electron chi connectivity index (χ1n) is 8.97. The van der Waals surface area contributed by atoms with Crippen LogP contribution in [-0.4, -0.2) is 52.8 Å². The van der Waals surface area contributed by atoms with Crippen LogP contribution in [0.15, 0.2) is 54.6 Å². The number of benzene rings is 2. The number of carbonyl (C=O) groups is 3. The normalized spacial score (nSPS) is 18.6. The molecule has 0 saturated carbocycles. The van der Waals surface area contributed by atoms with Gasteiger partial charge in [0.2, 0.25) is 0 Å². The summed E-state index contributed by atoms with van der Waals surface area (Å²) in [4.78, 5) is 40.0. The summed E-state index contributed by atoms with van der Waals surface area (Å²) >= 11 is 0. The maximum atomic E-state index is 15.3. The van der Waals surface area contributed by atoms with Crippen molar-refractivity contribution in [1.82, 2.24) is 9.80 Å². The summed E-state index contributed by atoms with van der Waals surface area (Å²) < 4.78 is 15.3. The molecule has 1 saturated heterocycles. The Kier molecular flexibility index (Phi) is 4.26. The van der Waals surface area contributed by atoms with E-state index in [1.54, 1.807) is 53.4 Å². The Bertz CT molecular complexity index is 870. The lowest BCUT2D eigenvalue weighted by molar-refractivity contribution is 0.0215. The average molecular weight is 366 g/mol. The fraction of sp³-hybridized carbons (Fsp3) is 0.286. The van der Waals surface area contributed by atoms with Crippen LogP contribution in [0.3, 0.4) is 0 Å². The van der Waals surface area contributed by atoms with Crippen LogP contribution < -0.4 is 0 Å². The fourth-order valence-corrected chi connectivity index (χ4v) is 3.70. The molecular weight excluding hydrogens is 347 g/mol. The Hall–Kier alpha value is -3.02. The molecule has 0 bridgehead atoms. The van der Waals surface area contributed by atoms with Crippen molar-refractivity contribution in [2.24, 2.45) is 0 Å². The first-order chi connectivity index (χ1) is 13.0. The van der Waals surface area contributed by atoms with Gasteiger partial charge >= 0.3 is 0 Å². The highest BCUT2D eigenvalue weighted by atomic mass is 19.1. The van der Waals surface area contributed by atoms with Gasteiger partial charge in [-0.05, 0) is 24.3 Å². The Morgan fingerprint density at radius 3 is 1.96 bits per heavy atom. The number of likely N-dealkylation sites (tertiary alicyclic amines) is 1. The van der Waals surface area contributed by atoms with Crippen molar-refractivity contribution in [3.05, 3.63) is 71.3 Å². The van der Waals surface area contributed by atoms with Crippen LogP contribution in [0.1, 0.15) is 43.9 Å². The molecule has 2 aromatic carbocycles. The van der Waals surface area contributed by atoms with Crippen molar-refractivity contribution >= 4 is 17.7 Å². The van der Waals surface area contributed by atoms with Gasteiger partial charge in [-0.25, -0.2) is 4.39 Å². The minimum atomic E-state index is -1.68. The van der Waals surface area contributed by atoms with Crippen LogP contribution in [0.5, 0.6) is 0 Å². The van der Waals surface area contributed by atoms with E-state index < -0.39 is 17.5 Å². The van der Waals surface area contributed by atoms with Gasteiger partial charge in [0, 0.05) is 31.5 Å². The summed E-state index contributed by atoms with van der Waals surface area (Å²) in [6.45, 7) is 0.244. The monoisotopic (exact) mass is 366 g/mol. The smallest absolute Gasteiger partial charge is 0.261 e. The molecule has 2 aromatic rings. The lowest BCUT2D eigenvalue weighted by Crippen LogP contribution is -2.50. The van der Waals surface area contributed by atoms with Crippen molar-refractivity contribution in [3.8, 4) is 0 Å². The van der Waals surface area contributed by atoms with Crippen molar-refractivity contribution in [2.75, 3.05) is 19.6 Å². The van der Waals surface area contributed by atoms with E-state index in [-0.39, 0.29) is 38.4 Å². The van der Waals surface area contributed by atoms with E-state index in [1.807, 2.05) is 6.07 Å². The first kappa shape index (κ1) is 17.4. The van der Waals surface area contributed by atoms with Gasteiger partial charge in [0.15, 0.2) is 0 Å². The van der Waals surface area contributed by atoms with Gasteiger partial charge in [0.25, 0.3) is 17.7 Å². The molecule has 0 radical (unpaired) electrons. The van der Waals surface area contributed by atoms with Crippen molar-refractivity contribution < 1.29 is 18.8 Å². The molecule has 3 amide bonds. The summed E-state index contributed by atoms with van der Waals surface area (Å²) in [7, 11) is 0. The van der Waals surface area contributed by atoms with E-state index in [0.29, 0.717) is 16.7 Å². The summed E-state index contributed by atoms with van der Waals surface area (Å²) in [5.41, 5.74) is -0.462. The molecule has 0 unspecified atom stereocenters. The molecule has 0 aromatic heterocycles. The van der Waals surface area contributed by atoms with Gasteiger partial charge in [-0.2, -0.15) is 0 Å². The second kappa shape index (κ2) is 6.61. The molecule has 0 atom stereocenters. The Labute approximate surface area is 156 Å². The molecule has 0 N–H and O–H groups in total. The van der Waals surface area contributed by atoms with Gasteiger partial charge in [-0.1, -0.05) is 30.3 Å². The average Bonchev–Trinajstić information content (AvgIpc) is 2.94. The zero-order valence-electron chi connectivity index (χ0n) is 14.7. The predicted octanol–water partition coefficient (Wildman–Crippen LogP) is 2.93. The number of hydrogen-bond donors (Lipinski definition) is 0. The molecule has 5 nitrogen and oxygen atoms in total. The number of alkyl halides is 1. The second-order valence-electron chi connectivity index (χ2n) is 7.05. The highest BCUT2D eigenvalue weighted by molar-refractivity contribution is 6.21. The Balaban J connectivity index is 1.43. The number of rotatable bonds is 3. The second-order valence-corrected chi connectivity index (χ2v) is 7.05. The minimum Gasteiger partial charge on any atom is -0.338 e. The maximum absolute atomic E-state index is 15.3. The summed E-state index contributed by atoms with van der Waals surface area (Å²) in [5.74, 6) is -1.02. The summed E-state index contributed by atoms with van der Waals surface area (Å²) in [6.07, 6.45) is 0.192. The van der Waals surface area contributed by atoms with Crippen LogP contribution in [0, 0.1) is 0 Å². The summed E-state index contributed by atoms with van der Waals surface area (Å²) in [6, 6.07) is 15.4. The van der Waals surface area contributed by atoms with E-state index in [0.717, 1.165) is 4.90 Å². The maximum Gasteiger partial charge on any atom is 0.261 e. The highest BCUT2D eigenvalue weighted by Gasteiger charge is 2.44. The molecule has 138 valence electrons. The van der Waals surface area contributed by atoms with E-state index in [1.165, 1.54) is 0 Å². The van der Waals surface area contributed by atoms with Crippen LogP contribution in [0.4, 0.5) is 4.39 Å². The van der Waals surface area contributed by atoms with Crippen molar-refractivity contribution in [3.63, 3.8) is 0 Å². The van der Waals surface area contributed by atoms with E-state index >= 15 is 4.39 Å². The van der Waals surface area contributed by atoms with Crippen molar-refractivity contribution in [1.29, 1.82) is 0 Å². The van der Waals surface area contributed by atoms with Gasteiger partial charge in [0.1, 0.15) is 5.67 Å². The summed E-state index contributed by atoms with van der Waals surface area (Å²) in [5, 5.41) is 0. The molecule has 0 spiro atoms.